The fourth-order valence-electron chi connectivity index (χ4n) is 1.07. The maximum absolute atomic E-state index is 10.6. The van der Waals surface area contributed by atoms with Crippen LogP contribution in [0.2, 0.25) is 5.15 Å². The smallest absolute Gasteiger partial charge is 0.217 e. The van der Waals surface area contributed by atoms with Crippen LogP contribution in [-0.2, 0) is 4.79 Å². The zero-order chi connectivity index (χ0) is 11.3. The number of carbonyl (C=O) groups excluding carboxylic acids is 1. The van der Waals surface area contributed by atoms with Gasteiger partial charge in [-0.1, -0.05) is 23.8 Å². The molecule has 15 heavy (non-hydrogen) atoms. The zero-order valence-electron chi connectivity index (χ0n) is 8.75. The summed E-state index contributed by atoms with van der Waals surface area (Å²) in [6, 6.07) is 1.94. The SMILES string of the molecule is CC(=O)NCC=Cc1cnc(Cl)c(C)c1. The van der Waals surface area contributed by atoms with E-state index in [1.54, 1.807) is 6.20 Å². The van der Waals surface area contributed by atoms with E-state index < -0.39 is 0 Å². The van der Waals surface area contributed by atoms with Crippen molar-refractivity contribution in [1.29, 1.82) is 0 Å². The molecule has 3 nitrogen and oxygen atoms in total. The highest BCUT2D eigenvalue weighted by Gasteiger charge is 1.95. The van der Waals surface area contributed by atoms with Gasteiger partial charge in [0, 0.05) is 19.7 Å². The van der Waals surface area contributed by atoms with Crippen molar-refractivity contribution in [1.82, 2.24) is 10.3 Å². The molecule has 0 saturated heterocycles. The molecule has 0 fully saturated rings. The number of hydrogen-bond acceptors (Lipinski definition) is 2. The molecular weight excluding hydrogens is 212 g/mol. The highest BCUT2D eigenvalue weighted by molar-refractivity contribution is 6.30. The van der Waals surface area contributed by atoms with Gasteiger partial charge in [-0.05, 0) is 24.1 Å². The molecule has 0 radical (unpaired) electrons. The number of hydrogen-bond donors (Lipinski definition) is 1. The minimum absolute atomic E-state index is 0.0370. The van der Waals surface area contributed by atoms with E-state index in [0.717, 1.165) is 11.1 Å². The Labute approximate surface area is 94.2 Å². The molecule has 0 bridgehead atoms. The van der Waals surface area contributed by atoms with E-state index in [9.17, 15) is 4.79 Å². The van der Waals surface area contributed by atoms with Gasteiger partial charge >= 0.3 is 0 Å². The summed E-state index contributed by atoms with van der Waals surface area (Å²) in [6.45, 7) is 3.92. The summed E-state index contributed by atoms with van der Waals surface area (Å²) in [5.41, 5.74) is 1.92. The number of halogens is 1. The quantitative estimate of drug-likeness (QED) is 0.800. The van der Waals surface area contributed by atoms with Crippen LogP contribution in [0.25, 0.3) is 6.08 Å². The van der Waals surface area contributed by atoms with Crippen molar-refractivity contribution in [3.8, 4) is 0 Å². The number of rotatable bonds is 3. The van der Waals surface area contributed by atoms with Crippen molar-refractivity contribution in [2.75, 3.05) is 6.54 Å². The second kappa shape index (κ2) is 5.51. The molecule has 1 amide bonds. The number of nitrogens with one attached hydrogen (secondary N) is 1. The van der Waals surface area contributed by atoms with Gasteiger partial charge in [0.25, 0.3) is 0 Å². The highest BCUT2D eigenvalue weighted by atomic mass is 35.5. The van der Waals surface area contributed by atoms with E-state index in [0.29, 0.717) is 11.7 Å². The Morgan fingerprint density at radius 2 is 2.40 bits per heavy atom. The number of nitrogens with zero attached hydrogens (tertiary/aromatic N) is 1. The minimum atomic E-state index is -0.0370. The van der Waals surface area contributed by atoms with Gasteiger partial charge in [0.1, 0.15) is 5.15 Å². The third-order valence-corrected chi connectivity index (χ3v) is 2.21. The zero-order valence-corrected chi connectivity index (χ0v) is 9.51. The van der Waals surface area contributed by atoms with Crippen molar-refractivity contribution in [2.24, 2.45) is 0 Å². The first-order chi connectivity index (χ1) is 7.09. The highest BCUT2D eigenvalue weighted by Crippen LogP contribution is 2.13. The van der Waals surface area contributed by atoms with Gasteiger partial charge < -0.3 is 5.32 Å². The molecule has 0 aliphatic heterocycles. The van der Waals surface area contributed by atoms with Crippen molar-refractivity contribution in [3.05, 3.63) is 34.6 Å². The fourth-order valence-corrected chi connectivity index (χ4v) is 1.17. The van der Waals surface area contributed by atoms with Crippen molar-refractivity contribution in [2.45, 2.75) is 13.8 Å². The van der Waals surface area contributed by atoms with Crippen molar-refractivity contribution >= 4 is 23.6 Å². The van der Waals surface area contributed by atoms with Crippen LogP contribution in [0.3, 0.4) is 0 Å². The van der Waals surface area contributed by atoms with Gasteiger partial charge in [-0.2, -0.15) is 0 Å². The lowest BCUT2D eigenvalue weighted by molar-refractivity contribution is -0.118. The summed E-state index contributed by atoms with van der Waals surface area (Å²) in [5.74, 6) is -0.0370. The van der Waals surface area contributed by atoms with Crippen LogP contribution in [0.1, 0.15) is 18.1 Å². The monoisotopic (exact) mass is 224 g/mol. The molecule has 1 heterocycles. The Balaban J connectivity index is 2.57. The fraction of sp³-hybridized carbons (Fsp3) is 0.273. The normalized spacial score (nSPS) is 10.6. The third-order valence-electron chi connectivity index (χ3n) is 1.81. The summed E-state index contributed by atoms with van der Waals surface area (Å²) in [5, 5.41) is 3.19. The van der Waals surface area contributed by atoms with E-state index in [1.165, 1.54) is 6.92 Å². The van der Waals surface area contributed by atoms with Crippen LogP contribution >= 0.6 is 11.6 Å². The van der Waals surface area contributed by atoms with Gasteiger partial charge in [-0.25, -0.2) is 4.98 Å². The minimum Gasteiger partial charge on any atom is -0.353 e. The van der Waals surface area contributed by atoms with Crippen LogP contribution in [0, 0.1) is 6.92 Å². The van der Waals surface area contributed by atoms with Gasteiger partial charge in [0.05, 0.1) is 0 Å². The molecule has 0 aliphatic rings. The summed E-state index contributed by atoms with van der Waals surface area (Å²) in [6.07, 6.45) is 5.46. The lowest BCUT2D eigenvalue weighted by Crippen LogP contribution is -2.19. The molecule has 0 atom stereocenters. The molecule has 1 N–H and O–H groups in total. The molecule has 1 aromatic heterocycles. The molecule has 0 aromatic carbocycles. The molecule has 0 aliphatic carbocycles. The molecule has 80 valence electrons. The topological polar surface area (TPSA) is 42.0 Å². The predicted molar refractivity (Wildman–Crippen MR) is 61.7 cm³/mol. The Kier molecular flexibility index (Phi) is 4.31. The van der Waals surface area contributed by atoms with E-state index in [-0.39, 0.29) is 5.91 Å². The summed E-state index contributed by atoms with van der Waals surface area (Å²) < 4.78 is 0. The van der Waals surface area contributed by atoms with Crippen LogP contribution in [-0.4, -0.2) is 17.4 Å². The lowest BCUT2D eigenvalue weighted by Gasteiger charge is -1.98. The predicted octanol–water partition coefficient (Wildman–Crippen LogP) is 2.19. The van der Waals surface area contributed by atoms with Gasteiger partial charge in [0.2, 0.25) is 5.91 Å². The Morgan fingerprint density at radius 3 is 3.00 bits per heavy atom. The van der Waals surface area contributed by atoms with Crippen LogP contribution in [0.15, 0.2) is 18.3 Å². The molecular formula is C11H13ClN2O. The molecule has 0 unspecified atom stereocenters. The average molecular weight is 225 g/mol. The molecule has 4 heteroatoms. The third kappa shape index (κ3) is 4.13. The molecule has 1 aromatic rings. The van der Waals surface area contributed by atoms with Crippen molar-refractivity contribution in [3.63, 3.8) is 0 Å². The van der Waals surface area contributed by atoms with Gasteiger partial charge in [-0.15, -0.1) is 0 Å². The standard InChI is InChI=1S/C11H13ClN2O/c1-8-6-10(7-14-11(8)12)4-3-5-13-9(2)15/h3-4,6-7H,5H2,1-2H3,(H,13,15). The van der Waals surface area contributed by atoms with E-state index in [1.807, 2.05) is 25.1 Å². The van der Waals surface area contributed by atoms with E-state index >= 15 is 0 Å². The van der Waals surface area contributed by atoms with Gasteiger partial charge in [0.15, 0.2) is 0 Å². The maximum Gasteiger partial charge on any atom is 0.217 e. The van der Waals surface area contributed by atoms with Crippen molar-refractivity contribution < 1.29 is 4.79 Å². The first kappa shape index (κ1) is 11.7. The summed E-state index contributed by atoms with van der Waals surface area (Å²) in [7, 11) is 0. The first-order valence-corrected chi connectivity index (χ1v) is 5.00. The van der Waals surface area contributed by atoms with Crippen LogP contribution in [0.4, 0.5) is 0 Å². The van der Waals surface area contributed by atoms with E-state index in [2.05, 4.69) is 10.3 Å². The Hall–Kier alpha value is -1.35. The summed E-state index contributed by atoms with van der Waals surface area (Å²) in [4.78, 5) is 14.6. The van der Waals surface area contributed by atoms with E-state index in [4.69, 9.17) is 11.6 Å². The molecule has 0 saturated carbocycles. The lowest BCUT2D eigenvalue weighted by atomic mass is 10.2. The number of carbonyl (C=O) groups is 1. The number of pyridine rings is 1. The average Bonchev–Trinajstić information content (AvgIpc) is 2.18. The molecule has 1 rings (SSSR count). The Bertz CT molecular complexity index is 388. The number of amides is 1. The summed E-state index contributed by atoms with van der Waals surface area (Å²) >= 11 is 5.79. The van der Waals surface area contributed by atoms with Crippen LogP contribution < -0.4 is 5.32 Å². The van der Waals surface area contributed by atoms with Crippen LogP contribution in [0.5, 0.6) is 0 Å². The van der Waals surface area contributed by atoms with Gasteiger partial charge in [-0.3, -0.25) is 4.79 Å². The molecule has 0 spiro atoms. The number of aryl methyl sites for hydroxylation is 1. The Morgan fingerprint density at radius 1 is 1.67 bits per heavy atom. The largest absolute Gasteiger partial charge is 0.353 e. The second-order valence-corrected chi connectivity index (χ2v) is 3.57. The first-order valence-electron chi connectivity index (χ1n) is 4.62. The maximum atomic E-state index is 10.6. The second-order valence-electron chi connectivity index (χ2n) is 3.22. The number of aromatic nitrogens is 1.